The van der Waals surface area contributed by atoms with E-state index in [1.54, 1.807) is 14.1 Å². The minimum atomic E-state index is -0.0559. The average molecular weight is 474 g/mol. The molecule has 0 aliphatic carbocycles. The van der Waals surface area contributed by atoms with E-state index < -0.39 is 0 Å². The molecule has 0 aliphatic rings. The van der Waals surface area contributed by atoms with Gasteiger partial charge in [-0.15, -0.1) is 24.0 Å². The van der Waals surface area contributed by atoms with E-state index in [1.807, 2.05) is 24.3 Å². The first-order valence-electron chi connectivity index (χ1n) is 9.03. The van der Waals surface area contributed by atoms with Crippen molar-refractivity contribution in [2.24, 2.45) is 16.3 Å². The largest absolute Gasteiger partial charge is 0.356 e. The van der Waals surface area contributed by atoms with Crippen molar-refractivity contribution in [3.05, 3.63) is 35.4 Å². The molecule has 1 amide bonds. The lowest BCUT2D eigenvalue weighted by Gasteiger charge is -2.28. The summed E-state index contributed by atoms with van der Waals surface area (Å²) in [5.41, 5.74) is 2.05. The molecule has 0 saturated heterocycles. The van der Waals surface area contributed by atoms with Crippen LogP contribution >= 0.6 is 24.0 Å². The van der Waals surface area contributed by atoms with Crippen LogP contribution in [-0.4, -0.2) is 39.1 Å². The lowest BCUT2D eigenvalue weighted by Crippen LogP contribution is -2.43. The van der Waals surface area contributed by atoms with Gasteiger partial charge >= 0.3 is 0 Å². The Kier molecular flexibility index (Phi) is 11.5. The van der Waals surface area contributed by atoms with E-state index in [1.165, 1.54) is 6.42 Å². The molecule has 0 spiro atoms. The van der Waals surface area contributed by atoms with Gasteiger partial charge in [-0.3, -0.25) is 9.79 Å². The van der Waals surface area contributed by atoms with Crippen LogP contribution in [0.25, 0.3) is 0 Å². The van der Waals surface area contributed by atoms with Crippen molar-refractivity contribution in [1.29, 1.82) is 0 Å². The van der Waals surface area contributed by atoms with Gasteiger partial charge in [-0.2, -0.15) is 0 Å². The van der Waals surface area contributed by atoms with Gasteiger partial charge in [0.25, 0.3) is 5.91 Å². The Morgan fingerprint density at radius 1 is 1.23 bits per heavy atom. The zero-order chi connectivity index (χ0) is 18.9. The van der Waals surface area contributed by atoms with Gasteiger partial charge in [0.2, 0.25) is 0 Å². The second-order valence-corrected chi connectivity index (χ2v) is 7.64. The van der Waals surface area contributed by atoms with Gasteiger partial charge in [0, 0.05) is 32.7 Å². The van der Waals surface area contributed by atoms with Gasteiger partial charge in [0.05, 0.1) is 0 Å². The first kappa shape index (κ1) is 24.7. The summed E-state index contributed by atoms with van der Waals surface area (Å²) in [4.78, 5) is 16.0. The molecular weight excluding hydrogens is 439 g/mol. The maximum atomic E-state index is 11.7. The highest BCUT2D eigenvalue weighted by atomic mass is 127. The summed E-state index contributed by atoms with van der Waals surface area (Å²) in [6.07, 6.45) is 2.00. The summed E-state index contributed by atoms with van der Waals surface area (Å²) >= 11 is 0. The number of carbonyl (C=O) groups excluding carboxylic acids is 1. The van der Waals surface area contributed by atoms with Gasteiger partial charge in [-0.1, -0.05) is 39.8 Å². The lowest BCUT2D eigenvalue weighted by molar-refractivity contribution is 0.0963. The van der Waals surface area contributed by atoms with Crippen molar-refractivity contribution in [1.82, 2.24) is 16.0 Å². The number of rotatable bonds is 8. The highest BCUT2D eigenvalue weighted by Crippen LogP contribution is 2.23. The molecule has 0 radical (unpaired) electrons. The van der Waals surface area contributed by atoms with Crippen molar-refractivity contribution in [3.8, 4) is 0 Å². The van der Waals surface area contributed by atoms with Crippen LogP contribution in [0.5, 0.6) is 0 Å². The summed E-state index contributed by atoms with van der Waals surface area (Å²) in [6.45, 7) is 10.7. The van der Waals surface area contributed by atoms with Crippen LogP contribution in [-0.2, 0) is 6.42 Å². The maximum absolute atomic E-state index is 11.7. The van der Waals surface area contributed by atoms with Crippen LogP contribution in [0, 0.1) is 11.3 Å². The van der Waals surface area contributed by atoms with Crippen LogP contribution < -0.4 is 16.0 Å². The molecule has 1 aromatic rings. The number of carbonyl (C=O) groups is 1. The summed E-state index contributed by atoms with van der Waals surface area (Å²) in [6, 6.07) is 7.72. The van der Waals surface area contributed by atoms with Crippen molar-refractivity contribution in [2.45, 2.75) is 40.5 Å². The number of guanidine groups is 1. The van der Waals surface area contributed by atoms with E-state index >= 15 is 0 Å². The average Bonchev–Trinajstić information content (AvgIpc) is 2.56. The van der Waals surface area contributed by atoms with Crippen molar-refractivity contribution in [2.75, 3.05) is 27.2 Å². The number of hydrogen-bond donors (Lipinski definition) is 3. The SMILES string of the molecule is CN=C(NCCc1cccc(C(=O)NC)c1)NCC(C)(C)CC(C)C.I. The smallest absolute Gasteiger partial charge is 0.251 e. The topological polar surface area (TPSA) is 65.5 Å². The minimum absolute atomic E-state index is 0. The zero-order valence-electron chi connectivity index (χ0n) is 17.0. The van der Waals surface area contributed by atoms with E-state index in [0.717, 1.165) is 31.0 Å². The van der Waals surface area contributed by atoms with Gasteiger partial charge in [-0.25, -0.2) is 0 Å². The Bertz CT molecular complexity index is 585. The molecule has 0 atom stereocenters. The molecule has 0 aromatic heterocycles. The van der Waals surface area contributed by atoms with Crippen LogP contribution in [0.3, 0.4) is 0 Å². The lowest BCUT2D eigenvalue weighted by atomic mass is 9.84. The highest BCUT2D eigenvalue weighted by molar-refractivity contribution is 14.0. The van der Waals surface area contributed by atoms with Crippen molar-refractivity contribution >= 4 is 35.8 Å². The molecule has 1 rings (SSSR count). The Hall–Kier alpha value is -1.31. The van der Waals surface area contributed by atoms with Gasteiger partial charge in [0.1, 0.15) is 0 Å². The number of benzene rings is 1. The fraction of sp³-hybridized carbons (Fsp3) is 0.600. The Morgan fingerprint density at radius 2 is 1.92 bits per heavy atom. The molecular formula is C20H35IN4O. The van der Waals surface area contributed by atoms with E-state index in [9.17, 15) is 4.79 Å². The monoisotopic (exact) mass is 474 g/mol. The molecule has 0 fully saturated rings. The number of nitrogens with zero attached hydrogens (tertiary/aromatic N) is 1. The molecule has 1 aromatic carbocycles. The van der Waals surface area contributed by atoms with E-state index in [2.05, 4.69) is 48.6 Å². The molecule has 0 bridgehead atoms. The molecule has 0 saturated carbocycles. The summed E-state index contributed by atoms with van der Waals surface area (Å²) in [7, 11) is 3.43. The van der Waals surface area contributed by atoms with Crippen LogP contribution in [0.15, 0.2) is 29.3 Å². The molecule has 0 heterocycles. The maximum Gasteiger partial charge on any atom is 0.251 e. The summed E-state index contributed by atoms with van der Waals surface area (Å²) in [5.74, 6) is 1.44. The van der Waals surface area contributed by atoms with E-state index in [0.29, 0.717) is 11.5 Å². The first-order valence-corrected chi connectivity index (χ1v) is 9.03. The molecule has 5 nitrogen and oxygen atoms in total. The number of aliphatic imine (C=N–C) groups is 1. The van der Waals surface area contributed by atoms with Crippen LogP contribution in [0.2, 0.25) is 0 Å². The molecule has 3 N–H and O–H groups in total. The number of hydrogen-bond acceptors (Lipinski definition) is 2. The second kappa shape index (κ2) is 12.1. The third-order valence-corrected chi connectivity index (χ3v) is 4.04. The zero-order valence-corrected chi connectivity index (χ0v) is 19.3. The Morgan fingerprint density at radius 3 is 2.50 bits per heavy atom. The first-order chi connectivity index (χ1) is 11.8. The van der Waals surface area contributed by atoms with Crippen LogP contribution in [0.1, 0.15) is 50.0 Å². The van der Waals surface area contributed by atoms with E-state index in [-0.39, 0.29) is 35.3 Å². The van der Waals surface area contributed by atoms with Crippen molar-refractivity contribution in [3.63, 3.8) is 0 Å². The Labute approximate surface area is 175 Å². The van der Waals surface area contributed by atoms with E-state index in [4.69, 9.17) is 0 Å². The molecule has 26 heavy (non-hydrogen) atoms. The number of halogens is 1. The fourth-order valence-electron chi connectivity index (χ4n) is 3.06. The molecule has 0 unspecified atom stereocenters. The summed E-state index contributed by atoms with van der Waals surface area (Å²) in [5, 5.41) is 9.41. The minimum Gasteiger partial charge on any atom is -0.356 e. The quantitative estimate of drug-likeness (QED) is 0.307. The standard InChI is InChI=1S/C20H34N4O.HI/c1-15(2)13-20(3,4)14-24-19(22-6)23-11-10-16-8-7-9-17(12-16)18(25)21-5;/h7-9,12,15H,10-11,13-14H2,1-6H3,(H,21,25)(H2,22,23,24);1H. The van der Waals surface area contributed by atoms with Gasteiger partial charge in [-0.05, 0) is 41.9 Å². The van der Waals surface area contributed by atoms with Gasteiger partial charge < -0.3 is 16.0 Å². The van der Waals surface area contributed by atoms with Crippen LogP contribution in [0.4, 0.5) is 0 Å². The predicted octanol–water partition coefficient (Wildman–Crippen LogP) is 3.44. The second-order valence-electron chi connectivity index (χ2n) is 7.64. The normalized spacial score (nSPS) is 11.7. The third kappa shape index (κ3) is 9.40. The fourth-order valence-corrected chi connectivity index (χ4v) is 3.06. The molecule has 6 heteroatoms. The summed E-state index contributed by atoms with van der Waals surface area (Å²) < 4.78 is 0. The van der Waals surface area contributed by atoms with Crippen molar-refractivity contribution < 1.29 is 4.79 Å². The molecule has 0 aliphatic heterocycles. The Balaban J connectivity index is 0.00000625. The number of amides is 1. The third-order valence-electron chi connectivity index (χ3n) is 4.04. The predicted molar refractivity (Wildman–Crippen MR) is 122 cm³/mol. The highest BCUT2D eigenvalue weighted by Gasteiger charge is 2.19. The number of nitrogens with one attached hydrogen (secondary N) is 3. The molecule has 148 valence electrons. The van der Waals surface area contributed by atoms with Gasteiger partial charge in [0.15, 0.2) is 5.96 Å².